The summed E-state index contributed by atoms with van der Waals surface area (Å²) in [7, 11) is 0. The molecule has 1 heterocycles. The number of fused-ring (bicyclic) bond motifs is 1. The normalized spacial score (nSPS) is 11.5. The quantitative estimate of drug-likeness (QED) is 0.180. The average molecular weight is 425 g/mol. The first-order chi connectivity index (χ1) is 14.5. The van der Waals surface area contributed by atoms with Gasteiger partial charge in [0.25, 0.3) is 0 Å². The molecule has 0 N–H and O–H groups in total. The van der Waals surface area contributed by atoms with Crippen LogP contribution in [0.5, 0.6) is 0 Å². The molecule has 7 heteroatoms. The molecule has 6 nitrogen and oxygen atoms in total. The molecule has 0 spiro atoms. The van der Waals surface area contributed by atoms with Crippen LogP contribution in [0.15, 0.2) is 67.8 Å². The molecule has 0 amide bonds. The summed E-state index contributed by atoms with van der Waals surface area (Å²) in [5.74, 6) is -0.567. The van der Waals surface area contributed by atoms with Crippen LogP contribution in [0.4, 0.5) is 5.69 Å². The van der Waals surface area contributed by atoms with Crippen LogP contribution < -0.4 is 10.5 Å². The average Bonchev–Trinajstić information content (AvgIpc) is 2.75. The highest BCUT2D eigenvalue weighted by molar-refractivity contribution is 7.98. The van der Waals surface area contributed by atoms with E-state index in [2.05, 4.69) is 23.9 Å². The van der Waals surface area contributed by atoms with Gasteiger partial charge in [0, 0.05) is 47.6 Å². The lowest BCUT2D eigenvalue weighted by atomic mass is 10.0. The summed E-state index contributed by atoms with van der Waals surface area (Å²) in [5, 5.41) is 4.71. The van der Waals surface area contributed by atoms with Crippen LogP contribution >= 0.6 is 11.8 Å². The molecule has 30 heavy (non-hydrogen) atoms. The number of thioether (sulfide) groups is 1. The largest absolute Gasteiger partial charge is 0.422 e. The van der Waals surface area contributed by atoms with Crippen molar-refractivity contribution in [3.05, 3.63) is 70.1 Å². The maximum Gasteiger partial charge on any atom is 0.345 e. The van der Waals surface area contributed by atoms with Crippen LogP contribution in [-0.2, 0) is 9.63 Å². The van der Waals surface area contributed by atoms with E-state index in [0.29, 0.717) is 11.1 Å². The highest BCUT2D eigenvalue weighted by atomic mass is 32.2. The zero-order valence-corrected chi connectivity index (χ0v) is 18.3. The fourth-order valence-corrected chi connectivity index (χ4v) is 3.57. The third-order valence-corrected chi connectivity index (χ3v) is 5.48. The van der Waals surface area contributed by atoms with Crippen molar-refractivity contribution >= 4 is 40.1 Å². The molecule has 0 aliphatic rings. The van der Waals surface area contributed by atoms with E-state index >= 15 is 0 Å². The van der Waals surface area contributed by atoms with Crippen LogP contribution in [0, 0.1) is 0 Å². The predicted octanol–water partition coefficient (Wildman–Crippen LogP) is 4.68. The maximum absolute atomic E-state index is 12.8. The molecular weight excluding hydrogens is 400 g/mol. The van der Waals surface area contributed by atoms with Gasteiger partial charge in [-0.2, -0.15) is 0 Å². The summed E-state index contributed by atoms with van der Waals surface area (Å²) >= 11 is 1.61. The minimum Gasteiger partial charge on any atom is -0.422 e. The third-order valence-electron chi connectivity index (χ3n) is 4.73. The molecule has 0 bridgehead atoms. The van der Waals surface area contributed by atoms with Gasteiger partial charge in [0.2, 0.25) is 0 Å². The Kier molecular flexibility index (Phi) is 6.95. The molecule has 1 aromatic heterocycles. The van der Waals surface area contributed by atoms with Gasteiger partial charge in [-0.1, -0.05) is 17.3 Å². The van der Waals surface area contributed by atoms with Gasteiger partial charge < -0.3 is 14.2 Å². The second-order valence-electron chi connectivity index (χ2n) is 6.59. The fraction of sp³-hybridized carbons (Fsp3) is 0.261. The van der Waals surface area contributed by atoms with Gasteiger partial charge >= 0.3 is 11.6 Å². The van der Waals surface area contributed by atoms with Crippen molar-refractivity contribution in [1.82, 2.24) is 0 Å². The fourth-order valence-electron chi connectivity index (χ4n) is 3.17. The monoisotopic (exact) mass is 424 g/mol. The number of nitrogens with zero attached hydrogens (tertiary/aromatic N) is 2. The van der Waals surface area contributed by atoms with Crippen molar-refractivity contribution < 1.29 is 14.0 Å². The first kappa shape index (κ1) is 21.6. The summed E-state index contributed by atoms with van der Waals surface area (Å²) in [6.45, 7) is 7.13. The minimum absolute atomic E-state index is 0.233. The lowest BCUT2D eigenvalue weighted by molar-refractivity contribution is -0.140. The molecule has 0 atom stereocenters. The second kappa shape index (κ2) is 9.63. The highest BCUT2D eigenvalue weighted by Gasteiger charge is 2.16. The molecule has 0 unspecified atom stereocenters. The Morgan fingerprint density at radius 1 is 1.10 bits per heavy atom. The van der Waals surface area contributed by atoms with Gasteiger partial charge in [0.15, 0.2) is 0 Å². The molecule has 0 aliphatic heterocycles. The van der Waals surface area contributed by atoms with E-state index in [1.807, 2.05) is 48.7 Å². The minimum atomic E-state index is -0.567. The van der Waals surface area contributed by atoms with E-state index in [-0.39, 0.29) is 11.3 Å². The van der Waals surface area contributed by atoms with Gasteiger partial charge in [-0.15, -0.1) is 11.8 Å². The number of rotatable bonds is 7. The maximum atomic E-state index is 12.8. The van der Waals surface area contributed by atoms with Crippen LogP contribution in [0.3, 0.4) is 0 Å². The number of anilines is 1. The van der Waals surface area contributed by atoms with E-state index in [1.165, 1.54) is 6.92 Å². The topological polar surface area (TPSA) is 72.1 Å². The van der Waals surface area contributed by atoms with E-state index in [9.17, 15) is 9.59 Å². The molecule has 156 valence electrons. The molecule has 3 aromatic rings. The molecule has 3 rings (SSSR count). The van der Waals surface area contributed by atoms with Crippen molar-refractivity contribution in [2.45, 2.75) is 25.7 Å². The number of hydrogen-bond acceptors (Lipinski definition) is 7. The van der Waals surface area contributed by atoms with Gasteiger partial charge in [0.1, 0.15) is 11.3 Å². The zero-order chi connectivity index (χ0) is 21.7. The summed E-state index contributed by atoms with van der Waals surface area (Å²) in [6.07, 6.45) is 1.98. The molecule has 0 aliphatic carbocycles. The Hall–Kier alpha value is -3.06. The standard InChI is InChI=1S/C23H24N2O4S/c1-5-25(6-2)18-10-7-17-13-20(23(27)28-21(17)14-18)22(24-29-15(3)26)16-8-11-19(30-4)12-9-16/h7-14H,5-6H2,1-4H3/b24-22+. The van der Waals surface area contributed by atoms with Crippen LogP contribution in [0.2, 0.25) is 0 Å². The SMILES string of the molecule is CCN(CC)c1ccc2cc(/C(=N/OC(C)=O)c3ccc(SC)cc3)c(=O)oc2c1. The summed E-state index contributed by atoms with van der Waals surface area (Å²) < 4.78 is 5.62. The van der Waals surface area contributed by atoms with Gasteiger partial charge in [-0.05, 0) is 50.4 Å². The van der Waals surface area contributed by atoms with Gasteiger partial charge in [-0.25, -0.2) is 9.59 Å². The Bertz CT molecular complexity index is 1130. The Morgan fingerprint density at radius 3 is 2.40 bits per heavy atom. The first-order valence-electron chi connectivity index (χ1n) is 9.70. The summed E-state index contributed by atoms with van der Waals surface area (Å²) in [6, 6.07) is 15.0. The smallest absolute Gasteiger partial charge is 0.345 e. The van der Waals surface area contributed by atoms with Crippen LogP contribution in [0.25, 0.3) is 11.0 Å². The van der Waals surface area contributed by atoms with E-state index in [1.54, 1.807) is 17.8 Å². The molecule has 0 saturated carbocycles. The number of benzene rings is 2. The molecule has 0 saturated heterocycles. The molecule has 0 fully saturated rings. The predicted molar refractivity (Wildman–Crippen MR) is 122 cm³/mol. The van der Waals surface area contributed by atoms with E-state index < -0.39 is 11.6 Å². The summed E-state index contributed by atoms with van der Waals surface area (Å²) in [5.41, 5.74) is 2.08. The Balaban J connectivity index is 2.12. The Labute approximate surface area is 179 Å². The van der Waals surface area contributed by atoms with E-state index in [4.69, 9.17) is 9.25 Å². The number of carbonyl (C=O) groups is 1. The highest BCUT2D eigenvalue weighted by Crippen LogP contribution is 2.23. The molecule has 0 radical (unpaired) electrons. The van der Waals surface area contributed by atoms with Gasteiger partial charge in [0.05, 0.1) is 5.56 Å². The van der Waals surface area contributed by atoms with Crippen molar-refractivity contribution in [3.8, 4) is 0 Å². The Morgan fingerprint density at radius 2 is 1.80 bits per heavy atom. The lowest BCUT2D eigenvalue weighted by Crippen LogP contribution is -2.21. The second-order valence-corrected chi connectivity index (χ2v) is 7.47. The number of oxime groups is 1. The van der Waals surface area contributed by atoms with Crippen molar-refractivity contribution in [2.75, 3.05) is 24.2 Å². The van der Waals surface area contributed by atoms with E-state index in [0.717, 1.165) is 29.1 Å². The summed E-state index contributed by atoms with van der Waals surface area (Å²) in [4.78, 5) is 32.3. The number of carbonyl (C=O) groups excluding carboxylic acids is 1. The lowest BCUT2D eigenvalue weighted by Gasteiger charge is -2.21. The van der Waals surface area contributed by atoms with Crippen molar-refractivity contribution in [2.24, 2.45) is 5.16 Å². The number of hydrogen-bond donors (Lipinski definition) is 0. The van der Waals surface area contributed by atoms with Crippen LogP contribution in [0.1, 0.15) is 31.9 Å². The van der Waals surface area contributed by atoms with Crippen molar-refractivity contribution in [1.29, 1.82) is 0 Å². The van der Waals surface area contributed by atoms with Crippen LogP contribution in [-0.4, -0.2) is 31.0 Å². The molecule has 2 aromatic carbocycles. The van der Waals surface area contributed by atoms with Crippen molar-refractivity contribution in [3.63, 3.8) is 0 Å². The van der Waals surface area contributed by atoms with Gasteiger partial charge in [-0.3, -0.25) is 0 Å². The zero-order valence-electron chi connectivity index (χ0n) is 17.5. The first-order valence-corrected chi connectivity index (χ1v) is 10.9. The third kappa shape index (κ3) is 4.74. The molecular formula is C23H24N2O4S.